The number of ether oxygens (including phenoxy) is 1. The van der Waals surface area contributed by atoms with Crippen molar-refractivity contribution in [2.45, 2.75) is 44.2 Å². The van der Waals surface area contributed by atoms with Gasteiger partial charge in [0.2, 0.25) is 0 Å². The van der Waals surface area contributed by atoms with Crippen LogP contribution in [-0.2, 0) is 4.74 Å². The molecule has 1 fully saturated rings. The molecule has 1 saturated heterocycles. The van der Waals surface area contributed by atoms with Gasteiger partial charge in [0.05, 0.1) is 12.2 Å². The molecule has 0 saturated carbocycles. The van der Waals surface area contributed by atoms with Crippen LogP contribution in [0.15, 0.2) is 18.2 Å². The van der Waals surface area contributed by atoms with E-state index in [1.165, 1.54) is 18.2 Å². The van der Waals surface area contributed by atoms with Crippen LogP contribution >= 0.6 is 0 Å². The van der Waals surface area contributed by atoms with Crippen molar-refractivity contribution < 1.29 is 24.4 Å². The van der Waals surface area contributed by atoms with Crippen LogP contribution in [0.3, 0.4) is 0 Å². The molecular weight excluding hydrogens is 239 g/mol. The number of halogens is 1. The lowest BCUT2D eigenvalue weighted by Gasteiger charge is -2.37. The van der Waals surface area contributed by atoms with E-state index in [9.17, 15) is 19.7 Å². The fraction of sp³-hybridized carbons (Fsp3) is 0.538. The summed E-state index contributed by atoms with van der Waals surface area (Å²) in [6, 6.07) is 4.14. The second-order valence-corrected chi connectivity index (χ2v) is 4.56. The van der Waals surface area contributed by atoms with E-state index in [2.05, 4.69) is 0 Å². The summed E-state index contributed by atoms with van der Waals surface area (Å²) >= 11 is 0. The van der Waals surface area contributed by atoms with Crippen molar-refractivity contribution in [2.75, 3.05) is 0 Å². The first-order valence-corrected chi connectivity index (χ1v) is 6.03. The van der Waals surface area contributed by atoms with Gasteiger partial charge < -0.3 is 20.1 Å². The molecule has 0 aromatic heterocycles. The molecule has 4 nitrogen and oxygen atoms in total. The Hall–Kier alpha value is -1.17. The van der Waals surface area contributed by atoms with Gasteiger partial charge in [0, 0.05) is 12.0 Å². The van der Waals surface area contributed by atoms with Crippen LogP contribution in [0.1, 0.15) is 31.4 Å². The lowest BCUT2D eigenvalue weighted by Crippen LogP contribution is -2.43. The summed E-state index contributed by atoms with van der Waals surface area (Å²) in [4.78, 5) is 0. The quantitative estimate of drug-likeness (QED) is 0.750. The number of phenolic OH excluding ortho intramolecular Hbond substituents is 1. The van der Waals surface area contributed by atoms with Gasteiger partial charge in [-0.2, -0.15) is 0 Å². The Bertz CT molecular complexity index is 423. The molecule has 0 amide bonds. The normalized spacial score (nSPS) is 32.4. The lowest BCUT2D eigenvalue weighted by molar-refractivity contribution is -0.172. The number of rotatable bonds is 2. The van der Waals surface area contributed by atoms with Crippen molar-refractivity contribution in [3.05, 3.63) is 29.6 Å². The van der Waals surface area contributed by atoms with Crippen molar-refractivity contribution in [3.63, 3.8) is 0 Å². The Morgan fingerprint density at radius 2 is 2.11 bits per heavy atom. The summed E-state index contributed by atoms with van der Waals surface area (Å²) in [5.41, 5.74) is 0.0692. The van der Waals surface area contributed by atoms with E-state index in [4.69, 9.17) is 4.74 Å². The first-order valence-electron chi connectivity index (χ1n) is 6.03. The highest BCUT2D eigenvalue weighted by molar-refractivity contribution is 5.32. The molecule has 1 aliphatic rings. The minimum absolute atomic E-state index is 0.0692. The molecule has 0 bridgehead atoms. The van der Waals surface area contributed by atoms with Crippen molar-refractivity contribution in [3.8, 4) is 5.75 Å². The predicted molar refractivity (Wildman–Crippen MR) is 62.6 cm³/mol. The lowest BCUT2D eigenvalue weighted by atomic mass is 9.92. The zero-order valence-corrected chi connectivity index (χ0v) is 10.1. The van der Waals surface area contributed by atoms with Crippen LogP contribution in [0.2, 0.25) is 0 Å². The van der Waals surface area contributed by atoms with Crippen molar-refractivity contribution >= 4 is 0 Å². The zero-order chi connectivity index (χ0) is 13.3. The van der Waals surface area contributed by atoms with Crippen LogP contribution in [0.4, 0.5) is 4.39 Å². The maximum absolute atomic E-state index is 13.8. The second kappa shape index (κ2) is 5.22. The first-order chi connectivity index (χ1) is 8.54. The molecule has 0 spiro atoms. The molecule has 5 heteroatoms. The monoisotopic (exact) mass is 256 g/mol. The van der Waals surface area contributed by atoms with Gasteiger partial charge in [0.1, 0.15) is 12.2 Å². The van der Waals surface area contributed by atoms with E-state index in [-0.39, 0.29) is 11.7 Å². The maximum Gasteiger partial charge on any atom is 0.170 e. The highest BCUT2D eigenvalue weighted by Gasteiger charge is 2.38. The Morgan fingerprint density at radius 1 is 1.39 bits per heavy atom. The van der Waals surface area contributed by atoms with Gasteiger partial charge in [-0.3, -0.25) is 0 Å². The molecule has 0 radical (unpaired) electrons. The minimum atomic E-state index is -1.19. The van der Waals surface area contributed by atoms with Crippen LogP contribution in [-0.4, -0.2) is 33.6 Å². The van der Waals surface area contributed by atoms with E-state index in [0.717, 1.165) is 0 Å². The molecule has 4 unspecified atom stereocenters. The third-order valence-corrected chi connectivity index (χ3v) is 3.32. The highest BCUT2D eigenvalue weighted by Crippen LogP contribution is 2.36. The summed E-state index contributed by atoms with van der Waals surface area (Å²) in [5, 5.41) is 29.0. The first kappa shape index (κ1) is 13.3. The summed E-state index contributed by atoms with van der Waals surface area (Å²) in [7, 11) is 0. The molecule has 0 aliphatic carbocycles. The van der Waals surface area contributed by atoms with Gasteiger partial charge in [0.25, 0.3) is 0 Å². The number of aromatic hydroxyl groups is 1. The van der Waals surface area contributed by atoms with E-state index >= 15 is 0 Å². The molecule has 1 heterocycles. The Balaban J connectivity index is 2.32. The topological polar surface area (TPSA) is 69.9 Å². The van der Waals surface area contributed by atoms with Crippen LogP contribution < -0.4 is 0 Å². The van der Waals surface area contributed by atoms with Gasteiger partial charge in [-0.25, -0.2) is 4.39 Å². The average molecular weight is 256 g/mol. The zero-order valence-electron chi connectivity index (χ0n) is 10.1. The number of hydrogen-bond donors (Lipinski definition) is 3. The van der Waals surface area contributed by atoms with Crippen molar-refractivity contribution in [1.82, 2.24) is 0 Å². The van der Waals surface area contributed by atoms with E-state index in [0.29, 0.717) is 12.8 Å². The van der Waals surface area contributed by atoms with E-state index in [1.807, 2.05) is 6.92 Å². The third kappa shape index (κ3) is 2.34. The number of phenols is 1. The number of benzene rings is 1. The summed E-state index contributed by atoms with van der Waals surface area (Å²) in [6.45, 7) is 1.89. The Kier molecular flexibility index (Phi) is 3.85. The molecule has 3 N–H and O–H groups in total. The Labute approximate surface area is 105 Å². The third-order valence-electron chi connectivity index (χ3n) is 3.32. The number of aliphatic hydroxyl groups is 2. The molecule has 1 aromatic carbocycles. The summed E-state index contributed by atoms with van der Waals surface area (Å²) < 4.78 is 19.4. The van der Waals surface area contributed by atoms with Gasteiger partial charge >= 0.3 is 0 Å². The molecule has 4 atom stereocenters. The van der Waals surface area contributed by atoms with Crippen molar-refractivity contribution in [1.29, 1.82) is 0 Å². The molecule has 1 aromatic rings. The second-order valence-electron chi connectivity index (χ2n) is 4.56. The SMILES string of the molecule is CCC1CC(O)C(O)C(c2cccc(O)c2F)O1. The molecule has 1 aliphatic heterocycles. The fourth-order valence-electron chi connectivity index (χ4n) is 2.23. The standard InChI is InChI=1S/C13H17FO4/c1-2-7-6-10(16)12(17)13(18-7)8-4-3-5-9(15)11(8)14/h3-5,7,10,12-13,15-17H,2,6H2,1H3. The molecular formula is C13H17FO4. The van der Waals surface area contributed by atoms with Crippen LogP contribution in [0.25, 0.3) is 0 Å². The van der Waals surface area contributed by atoms with Gasteiger partial charge in [-0.15, -0.1) is 0 Å². The summed E-state index contributed by atoms with van der Waals surface area (Å²) in [5.74, 6) is -1.30. The smallest absolute Gasteiger partial charge is 0.170 e. The molecule has 2 rings (SSSR count). The number of hydrogen-bond acceptors (Lipinski definition) is 4. The molecule has 18 heavy (non-hydrogen) atoms. The van der Waals surface area contributed by atoms with Gasteiger partial charge in [0.15, 0.2) is 11.6 Å². The highest BCUT2D eigenvalue weighted by atomic mass is 19.1. The fourth-order valence-corrected chi connectivity index (χ4v) is 2.23. The average Bonchev–Trinajstić information content (AvgIpc) is 2.36. The van der Waals surface area contributed by atoms with Crippen LogP contribution in [0, 0.1) is 5.82 Å². The minimum Gasteiger partial charge on any atom is -0.505 e. The Morgan fingerprint density at radius 3 is 2.78 bits per heavy atom. The van der Waals surface area contributed by atoms with E-state index in [1.54, 1.807) is 0 Å². The van der Waals surface area contributed by atoms with E-state index < -0.39 is 29.9 Å². The largest absolute Gasteiger partial charge is 0.505 e. The predicted octanol–water partition coefficient (Wildman–Crippen LogP) is 1.49. The van der Waals surface area contributed by atoms with Gasteiger partial charge in [-0.05, 0) is 12.5 Å². The van der Waals surface area contributed by atoms with Gasteiger partial charge in [-0.1, -0.05) is 19.1 Å². The van der Waals surface area contributed by atoms with Crippen LogP contribution in [0.5, 0.6) is 5.75 Å². The number of aliphatic hydroxyl groups excluding tert-OH is 2. The molecule has 100 valence electrons. The van der Waals surface area contributed by atoms with Crippen molar-refractivity contribution in [2.24, 2.45) is 0 Å². The maximum atomic E-state index is 13.8. The summed E-state index contributed by atoms with van der Waals surface area (Å²) in [6.07, 6.45) is -2.32.